The minimum absolute atomic E-state index is 0.0756. The van der Waals surface area contributed by atoms with Crippen molar-refractivity contribution in [3.05, 3.63) is 59.2 Å². The quantitative estimate of drug-likeness (QED) is 0.744. The SMILES string of the molecule is Cc1cccc(OCC(=O)NCc2ccc(S(=O)(=O)N3CCOCC3)cc2)c1C. The lowest BCUT2D eigenvalue weighted by Gasteiger charge is -2.26. The number of benzene rings is 2. The molecule has 3 rings (SSSR count). The number of sulfonamides is 1. The zero-order valence-electron chi connectivity index (χ0n) is 16.7. The van der Waals surface area contributed by atoms with Crippen molar-refractivity contribution < 1.29 is 22.7 Å². The van der Waals surface area contributed by atoms with Crippen LogP contribution in [-0.4, -0.2) is 51.5 Å². The highest BCUT2D eigenvalue weighted by atomic mass is 32.2. The first kappa shape index (κ1) is 21.3. The lowest BCUT2D eigenvalue weighted by Crippen LogP contribution is -2.40. The summed E-state index contributed by atoms with van der Waals surface area (Å²) < 4.78 is 37.5. The first-order valence-electron chi connectivity index (χ1n) is 9.50. The number of nitrogens with one attached hydrogen (secondary N) is 1. The Morgan fingerprint density at radius 1 is 1.10 bits per heavy atom. The highest BCUT2D eigenvalue weighted by molar-refractivity contribution is 7.89. The Kier molecular flexibility index (Phi) is 6.89. The molecule has 1 N–H and O–H groups in total. The summed E-state index contributed by atoms with van der Waals surface area (Å²) in [5.41, 5.74) is 2.93. The van der Waals surface area contributed by atoms with Crippen LogP contribution in [0, 0.1) is 13.8 Å². The maximum atomic E-state index is 12.6. The molecule has 2 aromatic rings. The molecule has 2 aromatic carbocycles. The Balaban J connectivity index is 1.52. The molecule has 1 aliphatic heterocycles. The Labute approximate surface area is 171 Å². The summed E-state index contributed by atoms with van der Waals surface area (Å²) in [5, 5.41) is 2.78. The molecule has 0 radical (unpaired) electrons. The Morgan fingerprint density at radius 3 is 2.48 bits per heavy atom. The van der Waals surface area contributed by atoms with Crippen molar-refractivity contribution in [2.45, 2.75) is 25.3 Å². The molecule has 0 unspecified atom stereocenters. The van der Waals surface area contributed by atoms with Crippen LogP contribution in [0.15, 0.2) is 47.4 Å². The molecule has 0 spiro atoms. The van der Waals surface area contributed by atoms with Crippen LogP contribution >= 0.6 is 0 Å². The van der Waals surface area contributed by atoms with Crippen LogP contribution in [0.3, 0.4) is 0 Å². The second kappa shape index (κ2) is 9.39. The molecule has 0 aliphatic carbocycles. The molecule has 0 atom stereocenters. The molecule has 0 bridgehead atoms. The van der Waals surface area contributed by atoms with Gasteiger partial charge in [0.05, 0.1) is 18.1 Å². The zero-order valence-corrected chi connectivity index (χ0v) is 17.5. The molecule has 1 aliphatic rings. The number of carbonyl (C=O) groups excluding carboxylic acids is 1. The fourth-order valence-electron chi connectivity index (χ4n) is 2.99. The first-order chi connectivity index (χ1) is 13.9. The fraction of sp³-hybridized carbons (Fsp3) is 0.381. The van der Waals surface area contributed by atoms with E-state index >= 15 is 0 Å². The number of hydrogen-bond acceptors (Lipinski definition) is 5. The molecule has 1 heterocycles. The van der Waals surface area contributed by atoms with Crippen molar-refractivity contribution in [3.63, 3.8) is 0 Å². The minimum Gasteiger partial charge on any atom is -0.483 e. The van der Waals surface area contributed by atoms with Crippen LogP contribution in [0.2, 0.25) is 0 Å². The van der Waals surface area contributed by atoms with Crippen molar-refractivity contribution >= 4 is 15.9 Å². The van der Waals surface area contributed by atoms with Crippen molar-refractivity contribution in [2.24, 2.45) is 0 Å². The summed E-state index contributed by atoms with van der Waals surface area (Å²) in [6.45, 7) is 5.71. The highest BCUT2D eigenvalue weighted by Crippen LogP contribution is 2.20. The number of nitrogens with zero attached hydrogens (tertiary/aromatic N) is 1. The standard InChI is InChI=1S/C21H26N2O5S/c1-16-4-3-5-20(17(16)2)28-15-21(24)22-14-18-6-8-19(9-7-18)29(25,26)23-10-12-27-13-11-23/h3-9H,10-15H2,1-2H3,(H,22,24). The van der Waals surface area contributed by atoms with Crippen molar-refractivity contribution in [1.82, 2.24) is 9.62 Å². The molecule has 1 saturated heterocycles. The van der Waals surface area contributed by atoms with Gasteiger partial charge in [-0.15, -0.1) is 0 Å². The van der Waals surface area contributed by atoms with E-state index < -0.39 is 10.0 Å². The van der Waals surface area contributed by atoms with Crippen LogP contribution < -0.4 is 10.1 Å². The van der Waals surface area contributed by atoms with E-state index in [1.54, 1.807) is 24.3 Å². The van der Waals surface area contributed by atoms with Gasteiger partial charge in [-0.05, 0) is 48.7 Å². The third-order valence-electron chi connectivity index (χ3n) is 4.93. The van der Waals surface area contributed by atoms with Crippen molar-refractivity contribution in [2.75, 3.05) is 32.9 Å². The zero-order chi connectivity index (χ0) is 20.9. The van der Waals surface area contributed by atoms with Gasteiger partial charge < -0.3 is 14.8 Å². The summed E-state index contributed by atoms with van der Waals surface area (Å²) >= 11 is 0. The van der Waals surface area contributed by atoms with Gasteiger partial charge in [0.1, 0.15) is 5.75 Å². The van der Waals surface area contributed by atoms with Gasteiger partial charge in [-0.25, -0.2) is 8.42 Å². The van der Waals surface area contributed by atoms with Crippen LogP contribution in [0.25, 0.3) is 0 Å². The van der Waals surface area contributed by atoms with Gasteiger partial charge in [-0.3, -0.25) is 4.79 Å². The Morgan fingerprint density at radius 2 is 1.79 bits per heavy atom. The number of morpholine rings is 1. The third-order valence-corrected chi connectivity index (χ3v) is 6.85. The molecular formula is C21H26N2O5S. The second-order valence-corrected chi connectivity index (χ2v) is 8.86. The van der Waals surface area contributed by atoms with Gasteiger partial charge in [0.25, 0.3) is 5.91 Å². The molecule has 0 saturated carbocycles. The van der Waals surface area contributed by atoms with Crippen LogP contribution in [-0.2, 0) is 26.1 Å². The third kappa shape index (κ3) is 5.35. The van der Waals surface area contributed by atoms with Gasteiger partial charge in [-0.2, -0.15) is 4.31 Å². The summed E-state index contributed by atoms with van der Waals surface area (Å²) in [6.07, 6.45) is 0. The van der Waals surface area contributed by atoms with Crippen molar-refractivity contribution in [1.29, 1.82) is 0 Å². The number of hydrogen-bond donors (Lipinski definition) is 1. The maximum absolute atomic E-state index is 12.6. The molecule has 29 heavy (non-hydrogen) atoms. The number of aryl methyl sites for hydroxylation is 1. The molecule has 1 amide bonds. The van der Waals surface area contributed by atoms with Gasteiger partial charge in [0.2, 0.25) is 10.0 Å². The Hall–Kier alpha value is -2.42. The molecule has 7 nitrogen and oxygen atoms in total. The fourth-order valence-corrected chi connectivity index (χ4v) is 4.40. The van der Waals surface area contributed by atoms with Gasteiger partial charge in [0, 0.05) is 19.6 Å². The molecule has 8 heteroatoms. The van der Waals surface area contributed by atoms with Crippen molar-refractivity contribution in [3.8, 4) is 5.75 Å². The van der Waals surface area contributed by atoms with E-state index in [0.29, 0.717) is 38.6 Å². The van der Waals surface area contributed by atoms with Crippen LogP contribution in [0.1, 0.15) is 16.7 Å². The predicted octanol–water partition coefficient (Wildman–Crippen LogP) is 2.02. The summed E-state index contributed by atoms with van der Waals surface area (Å²) in [4.78, 5) is 12.3. The van der Waals surface area contributed by atoms with E-state index in [-0.39, 0.29) is 17.4 Å². The monoisotopic (exact) mass is 418 g/mol. The van der Waals surface area contributed by atoms with E-state index in [0.717, 1.165) is 16.7 Å². The second-order valence-electron chi connectivity index (χ2n) is 6.92. The molecular weight excluding hydrogens is 392 g/mol. The first-order valence-corrected chi connectivity index (χ1v) is 10.9. The Bertz CT molecular complexity index is 952. The topological polar surface area (TPSA) is 84.9 Å². The van der Waals surface area contributed by atoms with E-state index in [1.165, 1.54) is 4.31 Å². The van der Waals surface area contributed by atoms with E-state index in [2.05, 4.69) is 5.32 Å². The highest BCUT2D eigenvalue weighted by Gasteiger charge is 2.26. The average molecular weight is 419 g/mol. The number of rotatable bonds is 7. The summed E-state index contributed by atoms with van der Waals surface area (Å²) in [7, 11) is -3.51. The van der Waals surface area contributed by atoms with E-state index in [1.807, 2.05) is 32.0 Å². The normalized spacial score (nSPS) is 15.1. The largest absolute Gasteiger partial charge is 0.483 e. The maximum Gasteiger partial charge on any atom is 0.258 e. The van der Waals surface area contributed by atoms with Crippen LogP contribution in [0.5, 0.6) is 5.75 Å². The smallest absolute Gasteiger partial charge is 0.258 e. The molecule has 156 valence electrons. The summed E-state index contributed by atoms with van der Waals surface area (Å²) in [5.74, 6) is 0.453. The molecule has 0 aromatic heterocycles. The van der Waals surface area contributed by atoms with E-state index in [4.69, 9.17) is 9.47 Å². The van der Waals surface area contributed by atoms with Gasteiger partial charge in [0.15, 0.2) is 6.61 Å². The predicted molar refractivity (Wildman–Crippen MR) is 109 cm³/mol. The van der Waals surface area contributed by atoms with E-state index in [9.17, 15) is 13.2 Å². The lowest BCUT2D eigenvalue weighted by molar-refractivity contribution is -0.123. The number of carbonyl (C=O) groups is 1. The molecule has 1 fully saturated rings. The number of amides is 1. The average Bonchev–Trinajstić information content (AvgIpc) is 2.74. The van der Waals surface area contributed by atoms with Gasteiger partial charge >= 0.3 is 0 Å². The summed E-state index contributed by atoms with van der Waals surface area (Å²) in [6, 6.07) is 12.3. The van der Waals surface area contributed by atoms with Crippen LogP contribution in [0.4, 0.5) is 0 Å². The lowest BCUT2D eigenvalue weighted by atomic mass is 10.1. The van der Waals surface area contributed by atoms with Gasteiger partial charge in [-0.1, -0.05) is 24.3 Å². The number of ether oxygens (including phenoxy) is 2. The minimum atomic E-state index is -3.51.